The second-order valence-electron chi connectivity index (χ2n) is 6.19. The van der Waals surface area contributed by atoms with Crippen LogP contribution in [0.4, 0.5) is 0 Å². The second-order valence-corrected chi connectivity index (χ2v) is 8.59. The summed E-state index contributed by atoms with van der Waals surface area (Å²) in [5.41, 5.74) is -0.00409. The van der Waals surface area contributed by atoms with Gasteiger partial charge < -0.3 is 9.73 Å². The van der Waals surface area contributed by atoms with E-state index in [1.165, 1.54) is 0 Å². The summed E-state index contributed by atoms with van der Waals surface area (Å²) in [6.07, 6.45) is 2.97. The van der Waals surface area contributed by atoms with Crippen molar-refractivity contribution in [1.29, 1.82) is 0 Å². The lowest BCUT2D eigenvalue weighted by Crippen LogP contribution is -2.41. The van der Waals surface area contributed by atoms with Gasteiger partial charge in [-0.05, 0) is 40.7 Å². The van der Waals surface area contributed by atoms with Gasteiger partial charge in [-0.3, -0.25) is 0 Å². The largest absolute Gasteiger partial charge is 0.452 e. The molecule has 120 valence electrons. The molecule has 21 heavy (non-hydrogen) atoms. The zero-order valence-corrected chi connectivity index (χ0v) is 15.1. The molecule has 1 unspecified atom stereocenters. The molecule has 1 saturated carbocycles. The number of hydrogen-bond donors (Lipinski definition) is 2. The van der Waals surface area contributed by atoms with Crippen LogP contribution in [0, 0.1) is 5.41 Å². The fourth-order valence-electron chi connectivity index (χ4n) is 2.71. The summed E-state index contributed by atoms with van der Waals surface area (Å²) in [6, 6.07) is 1.55. The number of halogens is 1. The fraction of sp³-hybridized carbons (Fsp3) is 0.714. The van der Waals surface area contributed by atoms with Crippen LogP contribution in [0.2, 0.25) is 0 Å². The van der Waals surface area contributed by atoms with Crippen LogP contribution in [-0.4, -0.2) is 21.0 Å². The van der Waals surface area contributed by atoms with Gasteiger partial charge in [0, 0.05) is 12.1 Å². The van der Waals surface area contributed by atoms with E-state index in [-0.39, 0.29) is 21.0 Å². The van der Waals surface area contributed by atoms with E-state index in [1.54, 1.807) is 6.07 Å². The topological polar surface area (TPSA) is 71.3 Å². The van der Waals surface area contributed by atoms with Crippen LogP contribution in [0.3, 0.4) is 0 Å². The summed E-state index contributed by atoms with van der Waals surface area (Å²) >= 11 is 3.21. The zero-order chi connectivity index (χ0) is 15.7. The van der Waals surface area contributed by atoms with E-state index in [2.05, 4.69) is 39.8 Å². The first-order valence-corrected chi connectivity index (χ1v) is 9.55. The first-order valence-electron chi connectivity index (χ1n) is 7.27. The maximum atomic E-state index is 12.6. The third-order valence-electron chi connectivity index (χ3n) is 4.10. The molecule has 0 aliphatic heterocycles. The van der Waals surface area contributed by atoms with Gasteiger partial charge in [-0.1, -0.05) is 27.2 Å². The lowest BCUT2D eigenvalue weighted by molar-refractivity contribution is 0.312. The van der Waals surface area contributed by atoms with Gasteiger partial charge in [0.25, 0.3) is 0 Å². The molecule has 0 amide bonds. The Morgan fingerprint density at radius 2 is 2.19 bits per heavy atom. The van der Waals surface area contributed by atoms with Crippen molar-refractivity contribution >= 4 is 26.0 Å². The average molecular weight is 379 g/mol. The Hall–Kier alpha value is -0.370. The molecule has 5 nitrogen and oxygen atoms in total. The predicted molar refractivity (Wildman–Crippen MR) is 85.5 cm³/mol. The average Bonchev–Trinajstić information content (AvgIpc) is 2.90. The lowest BCUT2D eigenvalue weighted by Gasteiger charge is -2.27. The second kappa shape index (κ2) is 6.40. The van der Waals surface area contributed by atoms with Crippen LogP contribution >= 0.6 is 15.9 Å². The monoisotopic (exact) mass is 378 g/mol. The Labute approximate surface area is 135 Å². The SMILES string of the molecule is CCNCc1cc(S(=O)(=O)NC2CCCC2(C)C)c(Br)o1. The number of furan rings is 1. The number of hydrogen-bond acceptors (Lipinski definition) is 4. The molecule has 1 aliphatic rings. The highest BCUT2D eigenvalue weighted by molar-refractivity contribution is 9.10. The van der Waals surface area contributed by atoms with E-state index in [9.17, 15) is 8.42 Å². The Morgan fingerprint density at radius 1 is 1.48 bits per heavy atom. The van der Waals surface area contributed by atoms with Gasteiger partial charge in [0.2, 0.25) is 10.0 Å². The molecule has 0 saturated heterocycles. The Kier molecular flexibility index (Phi) is 5.18. The Bertz CT molecular complexity index is 595. The highest BCUT2D eigenvalue weighted by atomic mass is 79.9. The molecule has 1 aromatic rings. The van der Waals surface area contributed by atoms with Gasteiger partial charge in [-0.2, -0.15) is 0 Å². The first kappa shape index (κ1) is 17.0. The molecule has 2 rings (SSSR count). The summed E-state index contributed by atoms with van der Waals surface area (Å²) in [5.74, 6) is 0.606. The van der Waals surface area contributed by atoms with Gasteiger partial charge in [-0.25, -0.2) is 13.1 Å². The lowest BCUT2D eigenvalue weighted by atomic mass is 9.88. The van der Waals surface area contributed by atoms with Gasteiger partial charge in [-0.15, -0.1) is 0 Å². The molecule has 7 heteroatoms. The van der Waals surface area contributed by atoms with Crippen molar-refractivity contribution in [2.45, 2.75) is 57.5 Å². The first-order chi connectivity index (χ1) is 9.76. The summed E-state index contributed by atoms with van der Waals surface area (Å²) in [4.78, 5) is 0.179. The van der Waals surface area contributed by atoms with Crippen LogP contribution in [0.1, 0.15) is 45.8 Å². The Morgan fingerprint density at radius 3 is 2.76 bits per heavy atom. The van der Waals surface area contributed by atoms with Crippen LogP contribution in [0.5, 0.6) is 0 Å². The molecule has 2 N–H and O–H groups in total. The fourth-order valence-corrected chi connectivity index (χ4v) is 5.15. The molecule has 1 fully saturated rings. The quantitative estimate of drug-likeness (QED) is 0.797. The van der Waals surface area contributed by atoms with Crippen LogP contribution in [-0.2, 0) is 16.6 Å². The molecule has 0 radical (unpaired) electrons. The van der Waals surface area contributed by atoms with Crippen molar-refractivity contribution in [3.8, 4) is 0 Å². The van der Waals surface area contributed by atoms with Crippen LogP contribution < -0.4 is 10.0 Å². The standard InChI is InChI=1S/C14H23BrN2O3S/c1-4-16-9-10-8-11(13(15)20-10)21(18,19)17-12-6-5-7-14(12,2)3/h8,12,16-17H,4-7,9H2,1-3H3. The maximum absolute atomic E-state index is 12.6. The van der Waals surface area contributed by atoms with E-state index in [1.807, 2.05) is 6.92 Å². The minimum atomic E-state index is -3.57. The van der Waals surface area contributed by atoms with E-state index in [4.69, 9.17) is 4.42 Å². The van der Waals surface area contributed by atoms with E-state index in [0.717, 1.165) is 25.8 Å². The van der Waals surface area contributed by atoms with E-state index in [0.29, 0.717) is 12.3 Å². The molecule has 1 heterocycles. The van der Waals surface area contributed by atoms with Gasteiger partial charge in [0.15, 0.2) is 4.67 Å². The molecule has 0 aromatic carbocycles. The van der Waals surface area contributed by atoms with Crippen molar-refractivity contribution in [2.24, 2.45) is 5.41 Å². The van der Waals surface area contributed by atoms with Crippen molar-refractivity contribution in [1.82, 2.24) is 10.0 Å². The van der Waals surface area contributed by atoms with Gasteiger partial charge in [0.1, 0.15) is 10.7 Å². The Balaban J connectivity index is 2.18. The van der Waals surface area contributed by atoms with Crippen LogP contribution in [0.15, 0.2) is 20.0 Å². The van der Waals surface area contributed by atoms with Crippen molar-refractivity contribution in [2.75, 3.05) is 6.54 Å². The molecule has 1 aliphatic carbocycles. The number of sulfonamides is 1. The van der Waals surface area contributed by atoms with Crippen LogP contribution in [0.25, 0.3) is 0 Å². The summed E-state index contributed by atoms with van der Waals surface area (Å²) in [7, 11) is -3.57. The molecule has 0 spiro atoms. The van der Waals surface area contributed by atoms with E-state index < -0.39 is 10.0 Å². The molecule has 0 bridgehead atoms. The van der Waals surface area contributed by atoms with Crippen molar-refractivity contribution < 1.29 is 12.8 Å². The van der Waals surface area contributed by atoms with E-state index >= 15 is 0 Å². The van der Waals surface area contributed by atoms with Gasteiger partial charge in [0.05, 0.1) is 6.54 Å². The summed E-state index contributed by atoms with van der Waals surface area (Å²) in [6.45, 7) is 7.51. The summed E-state index contributed by atoms with van der Waals surface area (Å²) in [5, 5.41) is 3.11. The minimum absolute atomic E-state index is 0.00409. The van der Waals surface area contributed by atoms with Gasteiger partial charge >= 0.3 is 0 Å². The highest BCUT2D eigenvalue weighted by Gasteiger charge is 2.38. The normalized spacial score (nSPS) is 21.8. The third kappa shape index (κ3) is 3.88. The highest BCUT2D eigenvalue weighted by Crippen LogP contribution is 2.38. The molecular formula is C14H23BrN2O3S. The molecule has 1 aromatic heterocycles. The maximum Gasteiger partial charge on any atom is 0.245 e. The van der Waals surface area contributed by atoms with Crippen molar-refractivity contribution in [3.63, 3.8) is 0 Å². The number of rotatable bonds is 6. The van der Waals surface area contributed by atoms with Crippen molar-refractivity contribution in [3.05, 3.63) is 16.5 Å². The zero-order valence-electron chi connectivity index (χ0n) is 12.7. The summed E-state index contributed by atoms with van der Waals surface area (Å²) < 4.78 is 33.7. The molecule has 1 atom stereocenters. The number of nitrogens with one attached hydrogen (secondary N) is 2. The minimum Gasteiger partial charge on any atom is -0.452 e. The molecular weight excluding hydrogens is 356 g/mol. The smallest absolute Gasteiger partial charge is 0.245 e. The predicted octanol–water partition coefficient (Wildman–Crippen LogP) is 3.01. The third-order valence-corrected chi connectivity index (χ3v) is 6.43.